The fourth-order valence-electron chi connectivity index (χ4n) is 3.91. The van der Waals surface area contributed by atoms with Crippen molar-refractivity contribution < 1.29 is 13.9 Å². The Labute approximate surface area is 162 Å². The summed E-state index contributed by atoms with van der Waals surface area (Å²) in [5, 5.41) is 4.64. The van der Waals surface area contributed by atoms with Gasteiger partial charge in [-0.15, -0.1) is 0 Å². The van der Waals surface area contributed by atoms with Crippen LogP contribution in [0.5, 0.6) is 5.75 Å². The molecule has 0 atom stereocenters. The van der Waals surface area contributed by atoms with Crippen LogP contribution in [-0.4, -0.2) is 17.0 Å². The molecule has 2 aromatic carbocycles. The summed E-state index contributed by atoms with van der Waals surface area (Å²) in [6, 6.07) is 15.0. The number of benzene rings is 2. The summed E-state index contributed by atoms with van der Waals surface area (Å²) >= 11 is 0. The summed E-state index contributed by atoms with van der Waals surface area (Å²) in [4.78, 5) is 17.0. The van der Waals surface area contributed by atoms with E-state index in [4.69, 9.17) is 9.15 Å². The van der Waals surface area contributed by atoms with Crippen molar-refractivity contribution in [2.75, 3.05) is 5.32 Å². The van der Waals surface area contributed by atoms with Gasteiger partial charge in [0.2, 0.25) is 0 Å². The maximum atomic E-state index is 13.0. The minimum absolute atomic E-state index is 0.185. The molecule has 0 radical (unpaired) electrons. The van der Waals surface area contributed by atoms with Gasteiger partial charge >= 0.3 is 0 Å². The summed E-state index contributed by atoms with van der Waals surface area (Å²) < 4.78 is 12.4. The second kappa shape index (κ2) is 7.00. The number of hydrogen-bond donors (Lipinski definition) is 1. The third kappa shape index (κ3) is 2.99. The highest BCUT2D eigenvalue weighted by Crippen LogP contribution is 2.38. The number of hydrogen-bond acceptors (Lipinski definition) is 4. The van der Waals surface area contributed by atoms with E-state index in [1.165, 1.54) is 12.8 Å². The average molecular weight is 372 g/mol. The van der Waals surface area contributed by atoms with E-state index in [9.17, 15) is 4.79 Å². The lowest BCUT2D eigenvalue weighted by atomic mass is 10.0. The van der Waals surface area contributed by atoms with Gasteiger partial charge in [-0.1, -0.05) is 18.2 Å². The highest BCUT2D eigenvalue weighted by atomic mass is 16.5. The molecule has 1 aliphatic carbocycles. The number of amides is 1. The second-order valence-electron chi connectivity index (χ2n) is 7.13. The largest absolute Gasteiger partial charge is 0.486 e. The zero-order chi connectivity index (χ0) is 18.9. The van der Waals surface area contributed by atoms with Crippen LogP contribution in [0.1, 0.15) is 36.0 Å². The lowest BCUT2D eigenvalue weighted by Crippen LogP contribution is -2.14. The summed E-state index contributed by atoms with van der Waals surface area (Å²) in [6.07, 6.45) is 8.03. The molecular formula is C23H20N2O3. The first-order valence-electron chi connectivity index (χ1n) is 9.62. The Balaban J connectivity index is 1.62. The molecule has 28 heavy (non-hydrogen) atoms. The number of ether oxygens (including phenoxy) is 1. The number of nitrogens with zero attached hydrogens (tertiary/aromatic N) is 1. The van der Waals surface area contributed by atoms with Crippen molar-refractivity contribution in [3.8, 4) is 5.75 Å². The van der Waals surface area contributed by atoms with Gasteiger partial charge in [0, 0.05) is 28.9 Å². The van der Waals surface area contributed by atoms with E-state index < -0.39 is 0 Å². The minimum atomic E-state index is -0.185. The quantitative estimate of drug-likeness (QED) is 0.510. The third-order valence-corrected chi connectivity index (χ3v) is 5.27. The average Bonchev–Trinajstić information content (AvgIpc) is 3.37. The van der Waals surface area contributed by atoms with Gasteiger partial charge in [-0.05, 0) is 56.0 Å². The molecule has 1 amide bonds. The maximum Gasteiger partial charge on any atom is 0.256 e. The van der Waals surface area contributed by atoms with Gasteiger partial charge in [0.25, 0.3) is 5.91 Å². The zero-order valence-corrected chi connectivity index (χ0v) is 15.4. The van der Waals surface area contributed by atoms with Gasteiger partial charge in [-0.2, -0.15) is 0 Å². The fraction of sp³-hybridized carbons (Fsp3) is 0.217. The molecular weight excluding hydrogens is 352 g/mol. The molecule has 2 aromatic heterocycles. The van der Waals surface area contributed by atoms with Crippen LogP contribution in [0.2, 0.25) is 0 Å². The second-order valence-corrected chi connectivity index (χ2v) is 7.13. The van der Waals surface area contributed by atoms with Gasteiger partial charge < -0.3 is 14.5 Å². The molecule has 5 heteroatoms. The van der Waals surface area contributed by atoms with Crippen molar-refractivity contribution in [1.82, 2.24) is 4.98 Å². The molecule has 1 fully saturated rings. The number of carbonyl (C=O) groups excluding carboxylic acids is 1. The molecule has 5 rings (SSSR count). The van der Waals surface area contributed by atoms with Crippen molar-refractivity contribution in [3.05, 3.63) is 66.5 Å². The number of pyridine rings is 1. The summed E-state index contributed by atoms with van der Waals surface area (Å²) in [5.41, 5.74) is 2.65. The predicted molar refractivity (Wildman–Crippen MR) is 109 cm³/mol. The van der Waals surface area contributed by atoms with E-state index in [0.29, 0.717) is 22.6 Å². The fourth-order valence-corrected chi connectivity index (χ4v) is 3.91. The van der Waals surface area contributed by atoms with Gasteiger partial charge in [-0.3, -0.25) is 9.78 Å². The lowest BCUT2D eigenvalue weighted by molar-refractivity contribution is 0.102. The maximum absolute atomic E-state index is 13.0. The summed E-state index contributed by atoms with van der Waals surface area (Å²) in [5.74, 6) is 0.522. The highest BCUT2D eigenvalue weighted by molar-refractivity contribution is 6.20. The molecule has 1 N–H and O–H groups in total. The van der Waals surface area contributed by atoms with Crippen LogP contribution in [0.15, 0.2) is 65.3 Å². The van der Waals surface area contributed by atoms with Crippen LogP contribution in [0, 0.1) is 0 Å². The van der Waals surface area contributed by atoms with E-state index in [1.54, 1.807) is 24.5 Å². The van der Waals surface area contributed by atoms with E-state index in [2.05, 4.69) is 10.3 Å². The molecule has 1 aliphatic rings. The first-order valence-corrected chi connectivity index (χ1v) is 9.62. The van der Waals surface area contributed by atoms with Gasteiger partial charge in [0.05, 0.1) is 11.7 Å². The molecule has 0 unspecified atom stereocenters. The van der Waals surface area contributed by atoms with E-state index in [0.717, 1.165) is 29.2 Å². The Morgan fingerprint density at radius 2 is 1.82 bits per heavy atom. The number of para-hydroxylation sites is 1. The third-order valence-electron chi connectivity index (χ3n) is 5.27. The first-order chi connectivity index (χ1) is 13.8. The SMILES string of the molecule is O=C(Nc1ccncc1)c1ccc(OC2CCCC2)c2oc3ccccc3c12. The number of nitrogens with one attached hydrogen (secondary N) is 1. The molecule has 140 valence electrons. The first kappa shape index (κ1) is 16.8. The van der Waals surface area contributed by atoms with Crippen LogP contribution in [0.25, 0.3) is 21.9 Å². The molecule has 1 saturated carbocycles. The molecule has 2 heterocycles. The molecule has 0 spiro atoms. The topological polar surface area (TPSA) is 64.4 Å². The standard InChI is InChI=1S/C23H20N2O3/c26-23(25-15-11-13-24-14-12-15)18-9-10-20(27-16-5-1-2-6-16)22-21(18)17-7-3-4-8-19(17)28-22/h3-4,7-14,16H,1-2,5-6H2,(H,24,25,26). The van der Waals surface area contributed by atoms with E-state index >= 15 is 0 Å². The molecule has 4 aromatic rings. The molecule has 0 aliphatic heterocycles. The van der Waals surface area contributed by atoms with Crippen molar-refractivity contribution in [2.24, 2.45) is 0 Å². The molecule has 5 nitrogen and oxygen atoms in total. The predicted octanol–water partition coefficient (Wildman–Crippen LogP) is 5.55. The normalized spacial score (nSPS) is 14.6. The Morgan fingerprint density at radius 3 is 2.64 bits per heavy atom. The number of rotatable bonds is 4. The number of fused-ring (bicyclic) bond motifs is 3. The Bertz CT molecular complexity index is 1140. The number of aromatic nitrogens is 1. The lowest BCUT2D eigenvalue weighted by Gasteiger charge is -2.14. The Kier molecular flexibility index (Phi) is 4.20. The van der Waals surface area contributed by atoms with Crippen LogP contribution >= 0.6 is 0 Å². The monoisotopic (exact) mass is 372 g/mol. The van der Waals surface area contributed by atoms with Crippen LogP contribution in [0.3, 0.4) is 0 Å². The van der Waals surface area contributed by atoms with E-state index in [1.807, 2.05) is 36.4 Å². The van der Waals surface area contributed by atoms with Crippen molar-refractivity contribution in [1.29, 1.82) is 0 Å². The van der Waals surface area contributed by atoms with Gasteiger partial charge in [-0.25, -0.2) is 0 Å². The molecule has 0 bridgehead atoms. The Hall–Kier alpha value is -3.34. The van der Waals surface area contributed by atoms with Gasteiger partial charge in [0.1, 0.15) is 5.58 Å². The Morgan fingerprint density at radius 1 is 1.04 bits per heavy atom. The molecule has 0 saturated heterocycles. The van der Waals surface area contributed by atoms with Gasteiger partial charge in [0.15, 0.2) is 11.3 Å². The number of anilines is 1. The van der Waals surface area contributed by atoms with E-state index in [-0.39, 0.29) is 12.0 Å². The summed E-state index contributed by atoms with van der Waals surface area (Å²) in [6.45, 7) is 0. The van der Waals surface area contributed by atoms with Crippen molar-refractivity contribution in [2.45, 2.75) is 31.8 Å². The number of carbonyl (C=O) groups is 1. The smallest absolute Gasteiger partial charge is 0.256 e. The van der Waals surface area contributed by atoms with Crippen molar-refractivity contribution in [3.63, 3.8) is 0 Å². The number of furan rings is 1. The van der Waals surface area contributed by atoms with Crippen LogP contribution in [0.4, 0.5) is 5.69 Å². The zero-order valence-electron chi connectivity index (χ0n) is 15.4. The van der Waals surface area contributed by atoms with Crippen LogP contribution in [-0.2, 0) is 0 Å². The van der Waals surface area contributed by atoms with Crippen LogP contribution < -0.4 is 10.1 Å². The minimum Gasteiger partial charge on any atom is -0.486 e. The van der Waals surface area contributed by atoms with Crippen molar-refractivity contribution >= 4 is 33.5 Å². The summed E-state index contributed by atoms with van der Waals surface area (Å²) in [7, 11) is 0. The highest BCUT2D eigenvalue weighted by Gasteiger charge is 2.23.